The number of nitrogens with zero attached hydrogens (tertiary/aromatic N) is 3. The van der Waals surface area contributed by atoms with E-state index >= 15 is 0 Å². The van der Waals surface area contributed by atoms with Gasteiger partial charge in [-0.1, -0.05) is 12.1 Å². The number of rotatable bonds is 2. The van der Waals surface area contributed by atoms with E-state index in [-0.39, 0.29) is 12.1 Å². The summed E-state index contributed by atoms with van der Waals surface area (Å²) in [4.78, 5) is 27.6. The molecule has 2 N–H and O–H groups in total. The fourth-order valence-electron chi connectivity index (χ4n) is 3.63. The molecule has 136 valence electrons. The molecule has 2 aliphatic heterocycles. The smallest absolute Gasteiger partial charge is 0.410 e. The zero-order valence-electron chi connectivity index (χ0n) is 14.6. The van der Waals surface area contributed by atoms with E-state index in [0.29, 0.717) is 19.6 Å². The van der Waals surface area contributed by atoms with E-state index in [4.69, 9.17) is 4.74 Å². The number of H-pyrrole nitrogens is 1. The van der Waals surface area contributed by atoms with Crippen molar-refractivity contribution in [3.05, 3.63) is 36.5 Å². The number of benzene rings is 1. The van der Waals surface area contributed by atoms with E-state index < -0.39 is 5.60 Å². The predicted octanol–water partition coefficient (Wildman–Crippen LogP) is 2.53. The number of carbonyl (C=O) groups excluding carboxylic acids is 2. The summed E-state index contributed by atoms with van der Waals surface area (Å²) in [7, 11) is 1.72. The second kappa shape index (κ2) is 6.36. The van der Waals surface area contributed by atoms with Crippen LogP contribution in [0.5, 0.6) is 0 Å². The molecule has 2 fully saturated rings. The molecule has 1 atom stereocenters. The normalized spacial score (nSPS) is 22.6. The number of aromatic nitrogens is 2. The summed E-state index contributed by atoms with van der Waals surface area (Å²) in [6, 6.07) is 9.28. The molecule has 8 heteroatoms. The van der Waals surface area contributed by atoms with Crippen LogP contribution >= 0.6 is 0 Å². The van der Waals surface area contributed by atoms with Crippen LogP contribution in [0.3, 0.4) is 0 Å². The van der Waals surface area contributed by atoms with E-state index in [9.17, 15) is 9.59 Å². The Kier molecular flexibility index (Phi) is 4.02. The maximum Gasteiger partial charge on any atom is 0.410 e. The largest absolute Gasteiger partial charge is 0.439 e. The summed E-state index contributed by atoms with van der Waals surface area (Å²) in [5.74, 6) is 0. The highest BCUT2D eigenvalue weighted by molar-refractivity contribution is 5.89. The maximum absolute atomic E-state index is 12.6. The van der Waals surface area contributed by atoms with Gasteiger partial charge >= 0.3 is 12.1 Å². The molecule has 8 nitrogen and oxygen atoms in total. The van der Waals surface area contributed by atoms with Crippen molar-refractivity contribution in [1.29, 1.82) is 0 Å². The van der Waals surface area contributed by atoms with Crippen LogP contribution in [0.15, 0.2) is 36.5 Å². The van der Waals surface area contributed by atoms with Crippen LogP contribution in [0.1, 0.15) is 12.8 Å². The highest BCUT2D eigenvalue weighted by atomic mass is 16.6. The molecule has 0 saturated carbocycles. The van der Waals surface area contributed by atoms with Crippen molar-refractivity contribution in [2.45, 2.75) is 18.4 Å². The molecule has 2 saturated heterocycles. The minimum atomic E-state index is -0.577. The number of urea groups is 1. The van der Waals surface area contributed by atoms with Crippen LogP contribution < -0.4 is 5.32 Å². The first-order valence-corrected chi connectivity index (χ1v) is 8.65. The monoisotopic (exact) mass is 355 g/mol. The van der Waals surface area contributed by atoms with Crippen molar-refractivity contribution in [2.24, 2.45) is 0 Å². The molecule has 1 spiro atoms. The lowest BCUT2D eigenvalue weighted by Crippen LogP contribution is -2.53. The standard InChI is InChI=1S/C18H21N5O3/c1-22-11-18(26-17(22)25)8-2-10-23(12-18)16(24)20-14-5-3-13(4-6-14)15-7-9-19-21-15/h3-7,9H,2,8,10-12H2,1H3,(H,19,21)(H,20,24). The molecule has 0 bridgehead atoms. The van der Waals surface area contributed by atoms with E-state index in [1.165, 1.54) is 0 Å². The van der Waals surface area contributed by atoms with Gasteiger partial charge in [-0.2, -0.15) is 5.10 Å². The Morgan fingerprint density at radius 1 is 1.27 bits per heavy atom. The van der Waals surface area contributed by atoms with Gasteiger partial charge in [-0.3, -0.25) is 5.10 Å². The molecule has 1 aromatic heterocycles. The number of anilines is 1. The zero-order chi connectivity index (χ0) is 18.1. The molecule has 1 aromatic carbocycles. The number of nitrogens with one attached hydrogen (secondary N) is 2. The lowest BCUT2D eigenvalue weighted by atomic mass is 9.93. The summed E-state index contributed by atoms with van der Waals surface area (Å²) in [6.45, 7) is 1.59. The Hall–Kier alpha value is -3.03. The first-order chi connectivity index (χ1) is 12.5. The summed E-state index contributed by atoms with van der Waals surface area (Å²) in [5, 5.41) is 9.76. The first kappa shape index (κ1) is 16.4. The van der Waals surface area contributed by atoms with Crippen molar-refractivity contribution >= 4 is 17.8 Å². The first-order valence-electron chi connectivity index (χ1n) is 8.65. The van der Waals surface area contributed by atoms with Gasteiger partial charge in [0, 0.05) is 25.5 Å². The third-order valence-corrected chi connectivity index (χ3v) is 4.92. The predicted molar refractivity (Wildman–Crippen MR) is 95.7 cm³/mol. The number of aromatic amines is 1. The SMILES string of the molecule is CN1CC2(CCCN(C(=O)Nc3ccc(-c4ccn[nH]4)cc3)C2)OC1=O. The van der Waals surface area contributed by atoms with E-state index in [1.807, 2.05) is 30.3 Å². The van der Waals surface area contributed by atoms with Gasteiger partial charge in [-0.15, -0.1) is 0 Å². The zero-order valence-corrected chi connectivity index (χ0v) is 14.6. The number of hydrogen-bond acceptors (Lipinski definition) is 4. The van der Waals surface area contributed by atoms with Crippen molar-refractivity contribution in [2.75, 3.05) is 32.0 Å². The second-order valence-electron chi connectivity index (χ2n) is 6.91. The van der Waals surface area contributed by atoms with Crippen LogP contribution in [0.2, 0.25) is 0 Å². The van der Waals surface area contributed by atoms with Gasteiger partial charge in [-0.05, 0) is 36.6 Å². The number of piperidine rings is 1. The Bertz CT molecular complexity index is 805. The molecule has 0 radical (unpaired) electrons. The van der Waals surface area contributed by atoms with Crippen LogP contribution in [-0.4, -0.2) is 64.4 Å². The van der Waals surface area contributed by atoms with Gasteiger partial charge in [-0.25, -0.2) is 9.59 Å². The highest BCUT2D eigenvalue weighted by Crippen LogP contribution is 2.31. The minimum absolute atomic E-state index is 0.177. The molecule has 3 amide bonds. The van der Waals surface area contributed by atoms with Crippen molar-refractivity contribution in [3.8, 4) is 11.3 Å². The number of likely N-dealkylation sites (N-methyl/N-ethyl adjacent to an activating group) is 1. The topological polar surface area (TPSA) is 90.6 Å². The molecular weight excluding hydrogens is 334 g/mol. The molecule has 26 heavy (non-hydrogen) atoms. The van der Waals surface area contributed by atoms with Crippen LogP contribution in [0.25, 0.3) is 11.3 Å². The quantitative estimate of drug-likeness (QED) is 0.866. The highest BCUT2D eigenvalue weighted by Gasteiger charge is 2.47. The average molecular weight is 355 g/mol. The van der Waals surface area contributed by atoms with Gasteiger partial charge in [0.2, 0.25) is 0 Å². The van der Waals surface area contributed by atoms with Crippen LogP contribution in [0, 0.1) is 0 Å². The van der Waals surface area contributed by atoms with Gasteiger partial charge in [0.25, 0.3) is 0 Å². The average Bonchev–Trinajstić information content (AvgIpc) is 3.25. The van der Waals surface area contributed by atoms with Crippen LogP contribution in [0.4, 0.5) is 15.3 Å². The summed E-state index contributed by atoms with van der Waals surface area (Å²) >= 11 is 0. The number of hydrogen-bond donors (Lipinski definition) is 2. The van der Waals surface area contributed by atoms with E-state index in [2.05, 4.69) is 15.5 Å². The second-order valence-corrected chi connectivity index (χ2v) is 6.91. The fourth-order valence-corrected chi connectivity index (χ4v) is 3.63. The van der Waals surface area contributed by atoms with Gasteiger partial charge in [0.05, 0.1) is 18.8 Å². The molecule has 4 rings (SSSR count). The van der Waals surface area contributed by atoms with Gasteiger partial charge in [0.15, 0.2) is 0 Å². The van der Waals surface area contributed by atoms with E-state index in [0.717, 1.165) is 29.8 Å². The lowest BCUT2D eigenvalue weighted by Gasteiger charge is -2.38. The van der Waals surface area contributed by atoms with Crippen LogP contribution in [-0.2, 0) is 4.74 Å². The van der Waals surface area contributed by atoms with Crippen molar-refractivity contribution in [1.82, 2.24) is 20.0 Å². The van der Waals surface area contributed by atoms with Gasteiger partial charge in [0.1, 0.15) is 5.60 Å². The number of ether oxygens (including phenoxy) is 1. The third-order valence-electron chi connectivity index (χ3n) is 4.92. The summed E-state index contributed by atoms with van der Waals surface area (Å²) in [5.41, 5.74) is 2.07. The number of carbonyl (C=O) groups is 2. The Balaban J connectivity index is 1.41. The summed E-state index contributed by atoms with van der Waals surface area (Å²) < 4.78 is 5.55. The van der Waals surface area contributed by atoms with Crippen molar-refractivity contribution in [3.63, 3.8) is 0 Å². The minimum Gasteiger partial charge on any atom is -0.439 e. The maximum atomic E-state index is 12.6. The Morgan fingerprint density at radius 2 is 2.08 bits per heavy atom. The van der Waals surface area contributed by atoms with E-state index in [1.54, 1.807) is 23.0 Å². The molecular formula is C18H21N5O3. The Labute approximate surface area is 151 Å². The molecule has 0 aliphatic carbocycles. The molecule has 2 aliphatic rings. The fraction of sp³-hybridized carbons (Fsp3) is 0.389. The van der Waals surface area contributed by atoms with Crippen molar-refractivity contribution < 1.29 is 14.3 Å². The lowest BCUT2D eigenvalue weighted by molar-refractivity contribution is 0.00497. The molecule has 1 unspecified atom stereocenters. The molecule has 2 aromatic rings. The third kappa shape index (κ3) is 3.10. The molecule has 3 heterocycles. The number of amides is 3. The Morgan fingerprint density at radius 3 is 2.73 bits per heavy atom. The van der Waals surface area contributed by atoms with Gasteiger partial charge < -0.3 is 19.9 Å². The number of likely N-dealkylation sites (tertiary alicyclic amines) is 1. The summed E-state index contributed by atoms with van der Waals surface area (Å²) in [6.07, 6.45) is 2.98.